The van der Waals surface area contributed by atoms with Gasteiger partial charge in [-0.2, -0.15) is 0 Å². The van der Waals surface area contributed by atoms with Gasteiger partial charge in [0.25, 0.3) is 0 Å². The summed E-state index contributed by atoms with van der Waals surface area (Å²) in [7, 11) is 1.96. The number of rotatable bonds is 3. The Morgan fingerprint density at radius 1 is 1.25 bits per heavy atom. The van der Waals surface area contributed by atoms with Crippen LogP contribution in [0.1, 0.15) is 6.92 Å². The van der Waals surface area contributed by atoms with Gasteiger partial charge in [0.05, 0.1) is 0 Å². The van der Waals surface area contributed by atoms with Gasteiger partial charge in [-0.3, -0.25) is 0 Å². The lowest BCUT2D eigenvalue weighted by Crippen LogP contribution is -2.15. The van der Waals surface area contributed by atoms with Gasteiger partial charge in [0.15, 0.2) is 0 Å². The molecule has 0 aromatic rings. The first-order valence-corrected chi connectivity index (χ1v) is 4.14. The fourth-order valence-electron chi connectivity index (χ4n) is 0.410. The van der Waals surface area contributed by atoms with Crippen molar-refractivity contribution in [2.75, 3.05) is 14.2 Å². The van der Waals surface area contributed by atoms with E-state index in [1.54, 1.807) is 14.2 Å². The molecule has 0 aromatic heterocycles. The molecule has 48 valence electrons. The Morgan fingerprint density at radius 2 is 1.75 bits per heavy atom. The van der Waals surface area contributed by atoms with Gasteiger partial charge in [-0.15, -0.1) is 0 Å². The van der Waals surface area contributed by atoms with E-state index in [1.165, 1.54) is 0 Å². The van der Waals surface area contributed by atoms with Crippen LogP contribution in [-0.4, -0.2) is 23.5 Å². The van der Waals surface area contributed by atoms with Gasteiger partial charge >= 0.3 is 9.28 Å². The number of hydrogen-bond acceptors (Lipinski definition) is 2. The Hall–Kier alpha value is -0.123. The van der Waals surface area contributed by atoms with Gasteiger partial charge in [0.2, 0.25) is 0 Å². The number of hydrogen-bond donors (Lipinski definition) is 0. The summed E-state index contributed by atoms with van der Waals surface area (Å²) < 4.78 is 9.94. The molecule has 0 radical (unpaired) electrons. The van der Waals surface area contributed by atoms with Crippen LogP contribution in [0.2, 0.25) is 0 Å². The van der Waals surface area contributed by atoms with Crippen LogP contribution in [0.5, 0.6) is 0 Å². The minimum Gasteiger partial charge on any atom is -0.397 e. The summed E-state index contributed by atoms with van der Waals surface area (Å²) >= 11 is 0. The molecule has 0 heterocycles. The van der Waals surface area contributed by atoms with E-state index in [-0.39, 0.29) is 0 Å². The average molecular weight is 132 g/mol. The first-order chi connectivity index (χ1) is 3.85. The molecule has 0 aromatic carbocycles. The van der Waals surface area contributed by atoms with Gasteiger partial charge in [0.1, 0.15) is 0 Å². The molecule has 0 bridgehead atoms. The topological polar surface area (TPSA) is 18.5 Å². The highest BCUT2D eigenvalue weighted by Gasteiger charge is 1.99. The van der Waals surface area contributed by atoms with Crippen molar-refractivity contribution < 1.29 is 8.85 Å². The first-order valence-electron chi connectivity index (χ1n) is 2.53. The molecule has 0 N–H and O–H groups in total. The second-order valence-corrected chi connectivity index (χ2v) is 3.43. The van der Waals surface area contributed by atoms with Crippen LogP contribution in [0.15, 0.2) is 11.8 Å². The predicted molar refractivity (Wildman–Crippen MR) is 36.0 cm³/mol. The molecule has 0 aliphatic carbocycles. The lowest BCUT2D eigenvalue weighted by Gasteiger charge is -2.02. The first kappa shape index (κ1) is 7.88. The van der Waals surface area contributed by atoms with Crippen molar-refractivity contribution in [2.24, 2.45) is 0 Å². The lowest BCUT2D eigenvalue weighted by atomic mass is 10.8. The molecule has 0 saturated heterocycles. The lowest BCUT2D eigenvalue weighted by molar-refractivity contribution is 0.290. The Bertz CT molecular complexity index is 68.8. The maximum Gasteiger partial charge on any atom is 0.347 e. The maximum absolute atomic E-state index is 4.97. The molecule has 0 unspecified atom stereocenters. The third-order valence-electron chi connectivity index (χ3n) is 0.814. The molecular formula is C5H12O2Si. The monoisotopic (exact) mass is 132 g/mol. The fourth-order valence-corrected chi connectivity index (χ4v) is 1.23. The van der Waals surface area contributed by atoms with Crippen LogP contribution in [0.25, 0.3) is 0 Å². The fraction of sp³-hybridized carbons (Fsp3) is 0.600. The molecular weight excluding hydrogens is 120 g/mol. The van der Waals surface area contributed by atoms with Crippen molar-refractivity contribution in [3.8, 4) is 0 Å². The molecule has 0 aliphatic heterocycles. The van der Waals surface area contributed by atoms with E-state index in [9.17, 15) is 0 Å². The molecule has 8 heavy (non-hydrogen) atoms. The summed E-state index contributed by atoms with van der Waals surface area (Å²) in [6.45, 7) is 1.96. The summed E-state index contributed by atoms with van der Waals surface area (Å²) in [4.78, 5) is 0. The smallest absolute Gasteiger partial charge is 0.347 e. The van der Waals surface area contributed by atoms with Crippen LogP contribution < -0.4 is 0 Å². The molecule has 0 aliphatic rings. The van der Waals surface area contributed by atoms with Crippen LogP contribution in [0, 0.1) is 0 Å². The van der Waals surface area contributed by atoms with Gasteiger partial charge in [-0.1, -0.05) is 6.08 Å². The Morgan fingerprint density at radius 3 is 1.88 bits per heavy atom. The molecule has 0 spiro atoms. The third-order valence-corrected chi connectivity index (χ3v) is 2.44. The van der Waals surface area contributed by atoms with Gasteiger partial charge in [-0.05, 0) is 12.6 Å². The van der Waals surface area contributed by atoms with Crippen LogP contribution >= 0.6 is 0 Å². The summed E-state index contributed by atoms with van der Waals surface area (Å²) in [6, 6.07) is 0. The van der Waals surface area contributed by atoms with E-state index < -0.39 is 9.28 Å². The highest BCUT2D eigenvalue weighted by molar-refractivity contribution is 6.50. The van der Waals surface area contributed by atoms with Gasteiger partial charge in [-0.25, -0.2) is 0 Å². The van der Waals surface area contributed by atoms with Crippen LogP contribution in [0.3, 0.4) is 0 Å². The van der Waals surface area contributed by atoms with Crippen molar-refractivity contribution in [2.45, 2.75) is 6.92 Å². The molecule has 0 amide bonds. The molecule has 0 atom stereocenters. The Balaban J connectivity index is 3.36. The summed E-state index contributed by atoms with van der Waals surface area (Å²) in [6.07, 6.45) is 1.95. The average Bonchev–Trinajstić information content (AvgIpc) is 1.83. The molecule has 3 heteroatoms. The van der Waals surface area contributed by atoms with Crippen LogP contribution in [-0.2, 0) is 8.85 Å². The van der Waals surface area contributed by atoms with Crippen molar-refractivity contribution >= 4 is 9.28 Å². The van der Waals surface area contributed by atoms with Crippen LogP contribution in [0.4, 0.5) is 0 Å². The normalized spacial score (nSPS) is 11.5. The minimum atomic E-state index is -1.37. The second kappa shape index (κ2) is 5.02. The summed E-state index contributed by atoms with van der Waals surface area (Å²) in [5.74, 6) is 0. The summed E-state index contributed by atoms with van der Waals surface area (Å²) in [5, 5.41) is 0. The molecule has 0 fully saturated rings. The zero-order valence-electron chi connectivity index (χ0n) is 5.55. The third kappa shape index (κ3) is 2.96. The highest BCUT2D eigenvalue weighted by atomic mass is 28.3. The van der Waals surface area contributed by atoms with Gasteiger partial charge < -0.3 is 8.85 Å². The SMILES string of the molecule is CC=C[SiH](OC)OC. The second-order valence-electron chi connectivity index (χ2n) is 1.37. The van der Waals surface area contributed by atoms with E-state index >= 15 is 0 Å². The van der Waals surface area contributed by atoms with E-state index in [1.807, 2.05) is 18.7 Å². The van der Waals surface area contributed by atoms with Crippen molar-refractivity contribution in [3.05, 3.63) is 11.8 Å². The predicted octanol–water partition coefficient (Wildman–Crippen LogP) is 0.615. The highest BCUT2D eigenvalue weighted by Crippen LogP contribution is 1.84. The number of allylic oxidation sites excluding steroid dienone is 1. The maximum atomic E-state index is 4.97. The zero-order valence-corrected chi connectivity index (χ0v) is 6.70. The Kier molecular flexibility index (Phi) is 4.95. The zero-order chi connectivity index (χ0) is 6.41. The van der Waals surface area contributed by atoms with Crippen molar-refractivity contribution in [1.29, 1.82) is 0 Å². The van der Waals surface area contributed by atoms with Crippen molar-refractivity contribution in [1.82, 2.24) is 0 Å². The van der Waals surface area contributed by atoms with E-state index in [0.717, 1.165) is 0 Å². The Labute approximate surface area is 52.0 Å². The minimum absolute atomic E-state index is 1.37. The molecule has 0 rings (SSSR count). The standard InChI is InChI=1S/C5H12O2Si/c1-4-5-8(6-2)7-3/h4-5,8H,1-3H3. The van der Waals surface area contributed by atoms with E-state index in [4.69, 9.17) is 8.85 Å². The largest absolute Gasteiger partial charge is 0.397 e. The molecule has 0 saturated carbocycles. The summed E-state index contributed by atoms with van der Waals surface area (Å²) in [5.41, 5.74) is 1.97. The van der Waals surface area contributed by atoms with Crippen molar-refractivity contribution in [3.63, 3.8) is 0 Å². The van der Waals surface area contributed by atoms with Gasteiger partial charge in [0, 0.05) is 14.2 Å². The van der Waals surface area contributed by atoms with E-state index in [0.29, 0.717) is 0 Å². The van der Waals surface area contributed by atoms with E-state index in [2.05, 4.69) is 0 Å². The quantitative estimate of drug-likeness (QED) is 0.524. The molecule has 2 nitrogen and oxygen atoms in total.